The Morgan fingerprint density at radius 2 is 1.87 bits per heavy atom. The lowest BCUT2D eigenvalue weighted by atomic mass is 10.0. The number of carbonyl (C=O) groups is 2. The first-order valence-electron chi connectivity index (χ1n) is 12.7. The van der Waals surface area contributed by atoms with E-state index in [0.717, 1.165) is 28.3 Å². The molecule has 198 valence electrons. The summed E-state index contributed by atoms with van der Waals surface area (Å²) in [6, 6.07) is 24.3. The van der Waals surface area contributed by atoms with E-state index in [2.05, 4.69) is 15.6 Å². The van der Waals surface area contributed by atoms with Crippen LogP contribution in [0.25, 0.3) is 5.69 Å². The van der Waals surface area contributed by atoms with E-state index >= 15 is 0 Å². The van der Waals surface area contributed by atoms with Crippen LogP contribution < -0.4 is 10.6 Å². The van der Waals surface area contributed by atoms with Crippen LogP contribution in [0.2, 0.25) is 0 Å². The molecule has 0 bridgehead atoms. The Kier molecular flexibility index (Phi) is 7.69. The summed E-state index contributed by atoms with van der Waals surface area (Å²) >= 11 is 5.79. The quantitative estimate of drug-likeness (QED) is 0.241. The van der Waals surface area contributed by atoms with Crippen molar-refractivity contribution in [2.45, 2.75) is 25.4 Å². The molecule has 0 unspecified atom stereocenters. The molecule has 2 N–H and O–H groups in total. The zero-order chi connectivity index (χ0) is 27.4. The summed E-state index contributed by atoms with van der Waals surface area (Å²) in [5.41, 5.74) is 4.86. The number of thiocarbonyl (C=S) groups is 1. The van der Waals surface area contributed by atoms with Crippen LogP contribution in [-0.2, 0) is 9.53 Å². The highest BCUT2D eigenvalue weighted by molar-refractivity contribution is 7.80. The molecule has 0 saturated carbocycles. The summed E-state index contributed by atoms with van der Waals surface area (Å²) in [5.74, 6) is -0.491. The summed E-state index contributed by atoms with van der Waals surface area (Å²) in [6.45, 7) is 2.37. The van der Waals surface area contributed by atoms with Gasteiger partial charge in [-0.3, -0.25) is 9.78 Å². The second-order valence-corrected chi connectivity index (χ2v) is 9.66. The minimum Gasteiger partial charge on any atom is -0.465 e. The number of nitrogens with one attached hydrogen (secondary N) is 2. The number of aromatic nitrogens is 2. The van der Waals surface area contributed by atoms with Gasteiger partial charge in [-0.1, -0.05) is 30.3 Å². The van der Waals surface area contributed by atoms with Crippen molar-refractivity contribution in [1.82, 2.24) is 19.8 Å². The molecular weight excluding hydrogens is 510 g/mol. The van der Waals surface area contributed by atoms with Crippen LogP contribution >= 0.6 is 12.2 Å². The first-order valence-corrected chi connectivity index (χ1v) is 13.1. The van der Waals surface area contributed by atoms with E-state index in [-0.39, 0.29) is 24.4 Å². The Labute approximate surface area is 232 Å². The SMILES string of the molecule is COC(=O)c1cccc(-n2cccc2[C@H]2[C@@H](c3ccccn3)NC(=S)N2CCC(=O)Nc2ccccc2C)c1. The molecule has 2 atom stereocenters. The second kappa shape index (κ2) is 11.5. The number of pyridine rings is 1. The van der Waals surface area contributed by atoms with E-state index in [1.807, 2.05) is 89.3 Å². The summed E-state index contributed by atoms with van der Waals surface area (Å²) in [4.78, 5) is 31.8. The molecule has 1 aliphatic heterocycles. The van der Waals surface area contributed by atoms with E-state index in [0.29, 0.717) is 17.2 Å². The monoisotopic (exact) mass is 539 g/mol. The van der Waals surface area contributed by atoms with Crippen molar-refractivity contribution in [2.75, 3.05) is 19.0 Å². The Morgan fingerprint density at radius 3 is 2.64 bits per heavy atom. The van der Waals surface area contributed by atoms with Gasteiger partial charge in [0.15, 0.2) is 5.11 Å². The van der Waals surface area contributed by atoms with E-state index in [9.17, 15) is 9.59 Å². The molecule has 4 aromatic rings. The van der Waals surface area contributed by atoms with Crippen LogP contribution in [0.1, 0.15) is 45.8 Å². The fourth-order valence-corrected chi connectivity index (χ4v) is 5.22. The number of anilines is 1. The molecule has 0 radical (unpaired) electrons. The second-order valence-electron chi connectivity index (χ2n) is 9.28. The summed E-state index contributed by atoms with van der Waals surface area (Å²) in [6.07, 6.45) is 3.96. The number of para-hydroxylation sites is 1. The third-order valence-electron chi connectivity index (χ3n) is 6.83. The van der Waals surface area contributed by atoms with Crippen molar-refractivity contribution in [1.29, 1.82) is 0 Å². The highest BCUT2D eigenvalue weighted by atomic mass is 32.1. The highest BCUT2D eigenvalue weighted by Gasteiger charge is 2.41. The van der Waals surface area contributed by atoms with E-state index < -0.39 is 5.97 Å². The number of hydrogen-bond donors (Lipinski definition) is 2. The standard InChI is InChI=1S/C30H29N5O3S/c1-20-9-3-4-12-23(20)32-26(36)15-18-35-28(27(33-30(35)39)24-13-5-6-16-31-24)25-14-8-17-34(25)22-11-7-10-21(19-22)29(37)38-2/h3-14,16-17,19,27-28H,15,18H2,1-2H3,(H,32,36)(H,33,39)/t27-,28+/m1/s1. The molecule has 0 spiro atoms. The summed E-state index contributed by atoms with van der Waals surface area (Å²) in [5, 5.41) is 7.00. The van der Waals surface area contributed by atoms with Crippen LogP contribution in [0.15, 0.2) is 91.3 Å². The van der Waals surface area contributed by atoms with Crippen molar-refractivity contribution >= 4 is 34.9 Å². The fourth-order valence-electron chi connectivity index (χ4n) is 4.89. The van der Waals surface area contributed by atoms with Gasteiger partial charge < -0.3 is 24.8 Å². The van der Waals surface area contributed by atoms with Crippen LogP contribution in [-0.4, -0.2) is 45.1 Å². The molecule has 3 heterocycles. The number of nitrogens with zero attached hydrogens (tertiary/aromatic N) is 3. The number of benzene rings is 2. The van der Waals surface area contributed by atoms with Crippen molar-refractivity contribution < 1.29 is 14.3 Å². The minimum absolute atomic E-state index is 0.0895. The van der Waals surface area contributed by atoms with Crippen LogP contribution in [0.5, 0.6) is 0 Å². The van der Waals surface area contributed by atoms with Gasteiger partial charge in [-0.25, -0.2) is 4.79 Å². The Bertz CT molecular complexity index is 1500. The first kappa shape index (κ1) is 26.1. The normalized spacial score (nSPS) is 16.6. The molecule has 5 rings (SSSR count). The molecule has 1 saturated heterocycles. The fraction of sp³-hybridized carbons (Fsp3) is 0.200. The number of methoxy groups -OCH3 is 1. The Morgan fingerprint density at radius 1 is 1.05 bits per heavy atom. The summed E-state index contributed by atoms with van der Waals surface area (Å²) < 4.78 is 6.95. The van der Waals surface area contributed by atoms with Gasteiger partial charge in [0.2, 0.25) is 5.91 Å². The van der Waals surface area contributed by atoms with E-state index in [1.54, 1.807) is 18.3 Å². The predicted molar refractivity (Wildman–Crippen MR) is 154 cm³/mol. The zero-order valence-electron chi connectivity index (χ0n) is 21.7. The van der Waals surface area contributed by atoms with Gasteiger partial charge in [-0.2, -0.15) is 0 Å². The molecule has 2 aromatic heterocycles. The molecule has 9 heteroatoms. The van der Waals surface area contributed by atoms with Crippen LogP contribution in [0.3, 0.4) is 0 Å². The van der Waals surface area contributed by atoms with Crippen LogP contribution in [0.4, 0.5) is 5.69 Å². The zero-order valence-corrected chi connectivity index (χ0v) is 22.5. The lowest BCUT2D eigenvalue weighted by Crippen LogP contribution is -2.33. The van der Waals surface area contributed by atoms with Gasteiger partial charge in [0.1, 0.15) is 0 Å². The number of amides is 1. The Balaban J connectivity index is 1.46. The van der Waals surface area contributed by atoms with Gasteiger partial charge >= 0.3 is 5.97 Å². The van der Waals surface area contributed by atoms with Crippen LogP contribution in [0, 0.1) is 6.92 Å². The van der Waals surface area contributed by atoms with Crippen molar-refractivity contribution in [3.8, 4) is 5.69 Å². The molecule has 1 amide bonds. The smallest absolute Gasteiger partial charge is 0.337 e. The average Bonchev–Trinajstić information content (AvgIpc) is 3.57. The minimum atomic E-state index is -0.401. The lowest BCUT2D eigenvalue weighted by molar-refractivity contribution is -0.116. The highest BCUT2D eigenvalue weighted by Crippen LogP contribution is 2.39. The number of esters is 1. The van der Waals surface area contributed by atoms with Gasteiger partial charge in [0, 0.05) is 42.4 Å². The first-order chi connectivity index (χ1) is 19.0. The average molecular weight is 540 g/mol. The maximum atomic E-state index is 12.9. The van der Waals surface area contributed by atoms with Crippen molar-refractivity contribution in [3.63, 3.8) is 0 Å². The molecule has 1 fully saturated rings. The number of carbonyl (C=O) groups excluding carboxylic acids is 2. The molecule has 39 heavy (non-hydrogen) atoms. The van der Waals surface area contributed by atoms with Gasteiger partial charge in [0.25, 0.3) is 0 Å². The van der Waals surface area contributed by atoms with Gasteiger partial charge in [-0.05, 0) is 73.2 Å². The third-order valence-corrected chi connectivity index (χ3v) is 7.18. The number of rotatable bonds is 8. The Hall–Kier alpha value is -4.50. The third kappa shape index (κ3) is 5.53. The van der Waals surface area contributed by atoms with Gasteiger partial charge in [-0.15, -0.1) is 0 Å². The number of hydrogen-bond acceptors (Lipinski definition) is 5. The maximum absolute atomic E-state index is 12.9. The largest absolute Gasteiger partial charge is 0.465 e. The van der Waals surface area contributed by atoms with Gasteiger partial charge in [0.05, 0.1) is 30.5 Å². The molecule has 8 nitrogen and oxygen atoms in total. The van der Waals surface area contributed by atoms with Crippen molar-refractivity contribution in [2.24, 2.45) is 0 Å². The number of aryl methyl sites for hydroxylation is 1. The topological polar surface area (TPSA) is 88.5 Å². The van der Waals surface area contributed by atoms with Crippen molar-refractivity contribution in [3.05, 3.63) is 114 Å². The molecule has 0 aliphatic carbocycles. The van der Waals surface area contributed by atoms with E-state index in [4.69, 9.17) is 17.0 Å². The molecule has 1 aliphatic rings. The maximum Gasteiger partial charge on any atom is 0.337 e. The lowest BCUT2D eigenvalue weighted by Gasteiger charge is -2.29. The predicted octanol–water partition coefficient (Wildman–Crippen LogP) is 4.97. The number of ether oxygens (including phenoxy) is 1. The summed E-state index contributed by atoms with van der Waals surface area (Å²) in [7, 11) is 1.37. The molecule has 2 aromatic carbocycles. The molecular formula is C30H29N5O3S. The van der Waals surface area contributed by atoms with E-state index in [1.165, 1.54) is 7.11 Å².